The molecule has 4 nitrogen and oxygen atoms in total. The Hall–Kier alpha value is -2.07. The van der Waals surface area contributed by atoms with E-state index in [-0.39, 0.29) is 0 Å². The van der Waals surface area contributed by atoms with Crippen LogP contribution in [0.3, 0.4) is 0 Å². The molecular formula is C16H18ClNO3. The SMILES string of the molecule is COc1cccc(OC)c1OCCNc1ccc(Cl)cc1. The molecular weight excluding hydrogens is 290 g/mol. The second kappa shape index (κ2) is 7.64. The highest BCUT2D eigenvalue weighted by atomic mass is 35.5. The Morgan fingerprint density at radius 1 is 0.952 bits per heavy atom. The number of halogens is 1. The van der Waals surface area contributed by atoms with Crippen LogP contribution in [-0.2, 0) is 0 Å². The van der Waals surface area contributed by atoms with E-state index < -0.39 is 0 Å². The average molecular weight is 308 g/mol. The van der Waals surface area contributed by atoms with Crippen molar-refractivity contribution in [3.05, 3.63) is 47.5 Å². The summed E-state index contributed by atoms with van der Waals surface area (Å²) in [5, 5.41) is 3.97. The molecule has 21 heavy (non-hydrogen) atoms. The Labute approximate surface area is 129 Å². The summed E-state index contributed by atoms with van der Waals surface area (Å²) >= 11 is 5.84. The van der Waals surface area contributed by atoms with Crippen LogP contribution in [0, 0.1) is 0 Å². The van der Waals surface area contributed by atoms with E-state index in [9.17, 15) is 0 Å². The number of hydrogen-bond acceptors (Lipinski definition) is 4. The van der Waals surface area contributed by atoms with Crippen molar-refractivity contribution < 1.29 is 14.2 Å². The van der Waals surface area contributed by atoms with Crippen LogP contribution in [0.1, 0.15) is 0 Å². The largest absolute Gasteiger partial charge is 0.493 e. The summed E-state index contributed by atoms with van der Waals surface area (Å²) in [7, 11) is 3.21. The maximum atomic E-state index is 5.84. The van der Waals surface area contributed by atoms with Crippen LogP contribution >= 0.6 is 11.6 Å². The number of ether oxygens (including phenoxy) is 3. The van der Waals surface area contributed by atoms with E-state index in [1.807, 2.05) is 42.5 Å². The van der Waals surface area contributed by atoms with Gasteiger partial charge in [-0.2, -0.15) is 0 Å². The van der Waals surface area contributed by atoms with Crippen molar-refractivity contribution >= 4 is 17.3 Å². The van der Waals surface area contributed by atoms with Gasteiger partial charge >= 0.3 is 0 Å². The van der Waals surface area contributed by atoms with E-state index in [0.29, 0.717) is 30.4 Å². The van der Waals surface area contributed by atoms with Gasteiger partial charge in [-0.05, 0) is 36.4 Å². The highest BCUT2D eigenvalue weighted by Crippen LogP contribution is 2.36. The summed E-state index contributed by atoms with van der Waals surface area (Å²) in [5.41, 5.74) is 0.995. The first-order valence-electron chi connectivity index (χ1n) is 6.58. The Morgan fingerprint density at radius 2 is 1.57 bits per heavy atom. The van der Waals surface area contributed by atoms with Crippen LogP contribution in [-0.4, -0.2) is 27.4 Å². The number of hydrogen-bond donors (Lipinski definition) is 1. The van der Waals surface area contributed by atoms with Crippen molar-refractivity contribution in [3.8, 4) is 17.2 Å². The van der Waals surface area contributed by atoms with E-state index in [0.717, 1.165) is 10.7 Å². The third-order valence-electron chi connectivity index (χ3n) is 2.90. The molecule has 0 atom stereocenters. The van der Waals surface area contributed by atoms with Crippen LogP contribution in [0.5, 0.6) is 17.2 Å². The molecule has 0 aliphatic carbocycles. The topological polar surface area (TPSA) is 39.7 Å². The minimum atomic E-state index is 0.485. The van der Waals surface area contributed by atoms with E-state index in [1.165, 1.54) is 0 Å². The fourth-order valence-electron chi connectivity index (χ4n) is 1.88. The monoisotopic (exact) mass is 307 g/mol. The Kier molecular flexibility index (Phi) is 5.58. The maximum absolute atomic E-state index is 5.84. The lowest BCUT2D eigenvalue weighted by Crippen LogP contribution is -2.12. The summed E-state index contributed by atoms with van der Waals surface area (Å²) in [6.07, 6.45) is 0. The number of nitrogens with one attached hydrogen (secondary N) is 1. The Balaban J connectivity index is 1.90. The van der Waals surface area contributed by atoms with Gasteiger partial charge in [-0.1, -0.05) is 17.7 Å². The summed E-state index contributed by atoms with van der Waals surface area (Å²) in [6.45, 7) is 1.14. The third-order valence-corrected chi connectivity index (χ3v) is 3.16. The van der Waals surface area contributed by atoms with Gasteiger partial charge in [0.25, 0.3) is 0 Å². The molecule has 2 aromatic carbocycles. The minimum Gasteiger partial charge on any atom is -0.493 e. The molecule has 0 heterocycles. The normalized spacial score (nSPS) is 10.0. The molecule has 0 aromatic heterocycles. The number of rotatable bonds is 7. The van der Waals surface area contributed by atoms with Crippen LogP contribution < -0.4 is 19.5 Å². The number of methoxy groups -OCH3 is 2. The van der Waals surface area contributed by atoms with Crippen LogP contribution in [0.2, 0.25) is 5.02 Å². The van der Waals surface area contributed by atoms with E-state index >= 15 is 0 Å². The minimum absolute atomic E-state index is 0.485. The van der Waals surface area contributed by atoms with Gasteiger partial charge in [0.2, 0.25) is 5.75 Å². The number of benzene rings is 2. The van der Waals surface area contributed by atoms with Crippen molar-refractivity contribution in [1.29, 1.82) is 0 Å². The molecule has 0 radical (unpaired) electrons. The van der Waals surface area contributed by atoms with Gasteiger partial charge in [0, 0.05) is 17.3 Å². The predicted molar refractivity (Wildman–Crippen MR) is 85.0 cm³/mol. The first kappa shape index (κ1) is 15.3. The zero-order chi connectivity index (χ0) is 15.1. The van der Waals surface area contributed by atoms with Gasteiger partial charge in [-0.15, -0.1) is 0 Å². The molecule has 0 bridgehead atoms. The molecule has 0 saturated carbocycles. The van der Waals surface area contributed by atoms with Crippen molar-refractivity contribution in [3.63, 3.8) is 0 Å². The van der Waals surface area contributed by atoms with Gasteiger partial charge in [0.1, 0.15) is 6.61 Å². The Bertz CT molecular complexity index is 550. The lowest BCUT2D eigenvalue weighted by atomic mass is 10.3. The van der Waals surface area contributed by atoms with Crippen LogP contribution in [0.4, 0.5) is 5.69 Å². The maximum Gasteiger partial charge on any atom is 0.203 e. The molecule has 0 aliphatic rings. The zero-order valence-corrected chi connectivity index (χ0v) is 12.8. The lowest BCUT2D eigenvalue weighted by molar-refractivity contribution is 0.284. The van der Waals surface area contributed by atoms with E-state index in [4.69, 9.17) is 25.8 Å². The summed E-state index contributed by atoms with van der Waals surface area (Å²) in [4.78, 5) is 0. The van der Waals surface area contributed by atoms with Gasteiger partial charge in [-0.25, -0.2) is 0 Å². The predicted octanol–water partition coefficient (Wildman–Crippen LogP) is 3.85. The first-order valence-corrected chi connectivity index (χ1v) is 6.95. The Morgan fingerprint density at radius 3 is 2.14 bits per heavy atom. The standard InChI is InChI=1S/C16H18ClNO3/c1-19-14-4-3-5-15(20-2)16(14)21-11-10-18-13-8-6-12(17)7-9-13/h3-9,18H,10-11H2,1-2H3. The molecule has 2 rings (SSSR count). The third kappa shape index (κ3) is 4.20. The first-order chi connectivity index (χ1) is 10.2. The van der Waals surface area contributed by atoms with E-state index in [1.54, 1.807) is 14.2 Å². The second-order valence-electron chi connectivity index (χ2n) is 4.27. The van der Waals surface area contributed by atoms with Crippen molar-refractivity contribution in [2.75, 3.05) is 32.7 Å². The van der Waals surface area contributed by atoms with Gasteiger partial charge < -0.3 is 19.5 Å². The van der Waals surface area contributed by atoms with Crippen LogP contribution in [0.15, 0.2) is 42.5 Å². The molecule has 0 unspecified atom stereocenters. The quantitative estimate of drug-likeness (QED) is 0.789. The molecule has 0 spiro atoms. The number of para-hydroxylation sites is 1. The summed E-state index contributed by atoms with van der Waals surface area (Å²) in [6, 6.07) is 13.1. The molecule has 1 N–H and O–H groups in total. The highest BCUT2D eigenvalue weighted by molar-refractivity contribution is 6.30. The van der Waals surface area contributed by atoms with Gasteiger partial charge in [0.15, 0.2) is 11.5 Å². The summed E-state index contributed by atoms with van der Waals surface area (Å²) in [5.74, 6) is 1.92. The van der Waals surface area contributed by atoms with Gasteiger partial charge in [-0.3, -0.25) is 0 Å². The average Bonchev–Trinajstić information content (AvgIpc) is 2.53. The van der Waals surface area contributed by atoms with Gasteiger partial charge in [0.05, 0.1) is 14.2 Å². The zero-order valence-electron chi connectivity index (χ0n) is 12.1. The molecule has 112 valence electrons. The summed E-state index contributed by atoms with van der Waals surface area (Å²) < 4.78 is 16.3. The second-order valence-corrected chi connectivity index (χ2v) is 4.71. The fourth-order valence-corrected chi connectivity index (χ4v) is 2.00. The molecule has 5 heteroatoms. The van der Waals surface area contributed by atoms with E-state index in [2.05, 4.69) is 5.32 Å². The molecule has 0 amide bonds. The van der Waals surface area contributed by atoms with Crippen molar-refractivity contribution in [2.45, 2.75) is 0 Å². The molecule has 0 saturated heterocycles. The van der Waals surface area contributed by atoms with Crippen molar-refractivity contribution in [1.82, 2.24) is 0 Å². The molecule has 0 fully saturated rings. The van der Waals surface area contributed by atoms with Crippen LogP contribution in [0.25, 0.3) is 0 Å². The molecule has 2 aromatic rings. The smallest absolute Gasteiger partial charge is 0.203 e. The molecule has 0 aliphatic heterocycles. The number of anilines is 1. The lowest BCUT2D eigenvalue weighted by Gasteiger charge is -2.14. The fraction of sp³-hybridized carbons (Fsp3) is 0.250. The highest BCUT2D eigenvalue weighted by Gasteiger charge is 2.10. The van der Waals surface area contributed by atoms with Crippen molar-refractivity contribution in [2.24, 2.45) is 0 Å².